The quantitative estimate of drug-likeness (QED) is 0.609. The molecule has 3 rings (SSSR count). The lowest BCUT2D eigenvalue weighted by atomic mass is 9.95. The molecule has 0 bridgehead atoms. The van der Waals surface area contributed by atoms with E-state index < -0.39 is 17.7 Å². The van der Waals surface area contributed by atoms with Crippen LogP contribution in [0.1, 0.15) is 27.7 Å². The topological polar surface area (TPSA) is 66.8 Å². The summed E-state index contributed by atoms with van der Waals surface area (Å²) in [6.45, 7) is 0.901. The summed E-state index contributed by atoms with van der Waals surface area (Å²) in [7, 11) is 1.60. The number of carbonyl (C=O) groups is 2. The molecule has 0 fully saturated rings. The van der Waals surface area contributed by atoms with Gasteiger partial charge < -0.3 is 14.7 Å². The molecule has 1 N–H and O–H groups in total. The molecule has 0 saturated carbocycles. The minimum Gasteiger partial charge on any atom is -0.503 e. The van der Waals surface area contributed by atoms with Crippen LogP contribution in [0, 0.1) is 0 Å². The Hall–Kier alpha value is -2.44. The van der Waals surface area contributed by atoms with Gasteiger partial charge in [-0.2, -0.15) is 0 Å². The van der Waals surface area contributed by atoms with Crippen molar-refractivity contribution in [1.29, 1.82) is 0 Å². The number of ketones is 1. The smallest absolute Gasteiger partial charge is 0.290 e. The maximum atomic E-state index is 12.9. The second kappa shape index (κ2) is 7.63. The van der Waals surface area contributed by atoms with Crippen LogP contribution in [-0.4, -0.2) is 42.0 Å². The van der Waals surface area contributed by atoms with Gasteiger partial charge in [0.05, 0.1) is 16.5 Å². The molecule has 0 spiro atoms. The van der Waals surface area contributed by atoms with Gasteiger partial charge in [0.25, 0.3) is 5.91 Å². The minimum atomic E-state index is -0.583. The molecule has 1 amide bonds. The SMILES string of the molecule is COCCCN1C(=O)C(O)=C(C(=O)c2cccs2)C1c1ccccc1. The van der Waals surface area contributed by atoms with E-state index in [4.69, 9.17) is 4.74 Å². The summed E-state index contributed by atoms with van der Waals surface area (Å²) >= 11 is 1.30. The van der Waals surface area contributed by atoms with Crippen molar-refractivity contribution in [3.63, 3.8) is 0 Å². The predicted octanol–water partition coefficient (Wildman–Crippen LogP) is 3.36. The Morgan fingerprint density at radius 2 is 2.00 bits per heavy atom. The molecule has 0 aliphatic carbocycles. The van der Waals surface area contributed by atoms with E-state index in [2.05, 4.69) is 0 Å². The summed E-state index contributed by atoms with van der Waals surface area (Å²) in [4.78, 5) is 27.6. The fraction of sp³-hybridized carbons (Fsp3) is 0.263. The highest BCUT2D eigenvalue weighted by Crippen LogP contribution is 2.39. The van der Waals surface area contributed by atoms with Gasteiger partial charge in [-0.05, 0) is 23.4 Å². The van der Waals surface area contributed by atoms with Gasteiger partial charge in [0.1, 0.15) is 0 Å². The number of nitrogens with zero attached hydrogens (tertiary/aromatic N) is 1. The minimum absolute atomic E-state index is 0.149. The molecule has 1 atom stereocenters. The molecule has 25 heavy (non-hydrogen) atoms. The Labute approximate surface area is 150 Å². The number of hydrogen-bond acceptors (Lipinski definition) is 5. The lowest BCUT2D eigenvalue weighted by Crippen LogP contribution is -2.32. The molecule has 1 aromatic heterocycles. The predicted molar refractivity (Wildman–Crippen MR) is 95.7 cm³/mol. The molecule has 1 aliphatic rings. The molecular formula is C19H19NO4S. The van der Waals surface area contributed by atoms with E-state index in [9.17, 15) is 14.7 Å². The van der Waals surface area contributed by atoms with E-state index in [1.54, 1.807) is 29.5 Å². The summed E-state index contributed by atoms with van der Waals surface area (Å²) in [6, 6.07) is 12.2. The van der Waals surface area contributed by atoms with Crippen LogP contribution in [0.15, 0.2) is 59.2 Å². The Bertz CT molecular complexity index is 783. The van der Waals surface area contributed by atoms with E-state index in [1.807, 2.05) is 30.3 Å². The number of thiophene rings is 1. The standard InChI is InChI=1S/C19H19NO4S/c1-24-11-6-10-20-16(13-7-3-2-4-8-13)15(18(22)19(20)23)17(21)14-9-5-12-25-14/h2-5,7-9,12,16,22H,6,10-11H2,1H3. The highest BCUT2D eigenvalue weighted by molar-refractivity contribution is 7.12. The zero-order valence-electron chi connectivity index (χ0n) is 13.8. The Kier molecular flexibility index (Phi) is 5.31. The number of rotatable bonds is 7. The van der Waals surface area contributed by atoms with Crippen molar-refractivity contribution < 1.29 is 19.4 Å². The molecule has 2 aromatic rings. The van der Waals surface area contributed by atoms with Crippen molar-refractivity contribution in [2.45, 2.75) is 12.5 Å². The van der Waals surface area contributed by atoms with Crippen LogP contribution in [0.5, 0.6) is 0 Å². The van der Waals surface area contributed by atoms with Crippen molar-refractivity contribution in [2.75, 3.05) is 20.3 Å². The van der Waals surface area contributed by atoms with Gasteiger partial charge in [-0.25, -0.2) is 0 Å². The fourth-order valence-electron chi connectivity index (χ4n) is 3.02. The van der Waals surface area contributed by atoms with Crippen molar-refractivity contribution >= 4 is 23.0 Å². The van der Waals surface area contributed by atoms with E-state index in [0.717, 1.165) is 5.56 Å². The number of methoxy groups -OCH3 is 1. The largest absolute Gasteiger partial charge is 0.503 e. The highest BCUT2D eigenvalue weighted by atomic mass is 32.1. The van der Waals surface area contributed by atoms with Crippen molar-refractivity contribution in [1.82, 2.24) is 4.90 Å². The molecule has 6 heteroatoms. The number of aliphatic hydroxyl groups excluding tert-OH is 1. The number of aliphatic hydroxyl groups is 1. The van der Waals surface area contributed by atoms with Crippen LogP contribution >= 0.6 is 11.3 Å². The maximum Gasteiger partial charge on any atom is 0.290 e. The summed E-state index contributed by atoms with van der Waals surface area (Å²) in [5, 5.41) is 12.2. The molecule has 1 unspecified atom stereocenters. The van der Waals surface area contributed by atoms with E-state index >= 15 is 0 Å². The van der Waals surface area contributed by atoms with E-state index in [0.29, 0.717) is 24.4 Å². The first-order valence-electron chi connectivity index (χ1n) is 8.01. The molecule has 2 heterocycles. The van der Waals surface area contributed by atoms with Crippen LogP contribution in [0.2, 0.25) is 0 Å². The summed E-state index contributed by atoms with van der Waals surface area (Å²) in [5.41, 5.74) is 0.952. The van der Waals surface area contributed by atoms with Gasteiger partial charge in [0.2, 0.25) is 5.78 Å². The third-order valence-electron chi connectivity index (χ3n) is 4.16. The van der Waals surface area contributed by atoms with Crippen molar-refractivity contribution in [3.05, 3.63) is 69.6 Å². The number of Topliss-reactive ketones (excluding diaryl/α,β-unsaturated/α-hetero) is 1. The lowest BCUT2D eigenvalue weighted by Gasteiger charge is -2.26. The molecule has 5 nitrogen and oxygen atoms in total. The Balaban J connectivity index is 2.01. The molecular weight excluding hydrogens is 338 g/mol. The van der Waals surface area contributed by atoms with E-state index in [-0.39, 0.29) is 11.4 Å². The molecule has 0 saturated heterocycles. The van der Waals surface area contributed by atoms with Gasteiger partial charge in [-0.1, -0.05) is 36.4 Å². The highest BCUT2D eigenvalue weighted by Gasteiger charge is 2.43. The third kappa shape index (κ3) is 3.36. The average Bonchev–Trinajstić information content (AvgIpc) is 3.25. The molecule has 1 aliphatic heterocycles. The van der Waals surface area contributed by atoms with Crippen LogP contribution in [-0.2, 0) is 9.53 Å². The second-order valence-electron chi connectivity index (χ2n) is 5.73. The van der Waals surface area contributed by atoms with Crippen LogP contribution in [0.25, 0.3) is 0 Å². The van der Waals surface area contributed by atoms with Crippen molar-refractivity contribution in [2.24, 2.45) is 0 Å². The number of carbonyl (C=O) groups excluding carboxylic acids is 2. The summed E-state index contributed by atoms with van der Waals surface area (Å²) < 4.78 is 5.06. The van der Waals surface area contributed by atoms with Crippen LogP contribution in [0.4, 0.5) is 0 Å². The Morgan fingerprint density at radius 1 is 1.24 bits per heavy atom. The zero-order valence-corrected chi connectivity index (χ0v) is 14.7. The van der Waals surface area contributed by atoms with Gasteiger partial charge >= 0.3 is 0 Å². The number of benzene rings is 1. The first kappa shape index (κ1) is 17.4. The average molecular weight is 357 g/mol. The zero-order chi connectivity index (χ0) is 17.8. The van der Waals surface area contributed by atoms with Gasteiger partial charge in [0, 0.05) is 20.3 Å². The molecule has 130 valence electrons. The van der Waals surface area contributed by atoms with E-state index in [1.165, 1.54) is 11.3 Å². The lowest BCUT2D eigenvalue weighted by molar-refractivity contribution is -0.129. The Morgan fingerprint density at radius 3 is 2.64 bits per heavy atom. The normalized spacial score (nSPS) is 17.4. The van der Waals surface area contributed by atoms with Crippen LogP contribution < -0.4 is 0 Å². The first-order chi connectivity index (χ1) is 12.1. The monoisotopic (exact) mass is 357 g/mol. The van der Waals surface area contributed by atoms with Gasteiger partial charge in [-0.15, -0.1) is 11.3 Å². The number of ether oxygens (including phenoxy) is 1. The second-order valence-corrected chi connectivity index (χ2v) is 6.67. The summed E-state index contributed by atoms with van der Waals surface area (Å²) in [5.74, 6) is -1.27. The number of hydrogen-bond donors (Lipinski definition) is 1. The van der Waals surface area contributed by atoms with Crippen LogP contribution in [0.3, 0.4) is 0 Å². The molecule has 1 aromatic carbocycles. The van der Waals surface area contributed by atoms with Gasteiger partial charge in [0.15, 0.2) is 5.76 Å². The fourth-order valence-corrected chi connectivity index (χ4v) is 3.70. The van der Waals surface area contributed by atoms with Gasteiger partial charge in [-0.3, -0.25) is 9.59 Å². The summed E-state index contributed by atoms with van der Waals surface area (Å²) in [6.07, 6.45) is 0.624. The number of amides is 1. The van der Waals surface area contributed by atoms with Crippen molar-refractivity contribution in [3.8, 4) is 0 Å². The third-order valence-corrected chi connectivity index (χ3v) is 5.02. The maximum absolute atomic E-state index is 12.9. The molecule has 0 radical (unpaired) electrons. The first-order valence-corrected chi connectivity index (χ1v) is 8.89.